The number of carbonyl (C=O) groups is 1. The summed E-state index contributed by atoms with van der Waals surface area (Å²) in [7, 11) is 6.77. The smallest absolute Gasteiger partial charge is 0.321 e. The minimum atomic E-state index is -0.0680. The number of benzene rings is 1. The third-order valence-corrected chi connectivity index (χ3v) is 3.48. The highest BCUT2D eigenvalue weighted by Gasteiger charge is 2.10. The van der Waals surface area contributed by atoms with Crippen LogP contribution in [0.15, 0.2) is 24.3 Å². The van der Waals surface area contributed by atoms with Crippen LogP contribution in [-0.2, 0) is 17.8 Å². The molecule has 2 rings (SSSR count). The first kappa shape index (κ1) is 18.4. The van der Waals surface area contributed by atoms with Gasteiger partial charge in [0, 0.05) is 20.5 Å². The molecule has 0 aliphatic carbocycles. The average Bonchev–Trinajstić information content (AvgIpc) is 2.64. The summed E-state index contributed by atoms with van der Waals surface area (Å²) < 4.78 is 10.2. The zero-order valence-corrected chi connectivity index (χ0v) is 14.9. The number of aromatic nitrogens is 3. The van der Waals surface area contributed by atoms with Crippen LogP contribution < -0.4 is 19.7 Å². The van der Waals surface area contributed by atoms with Gasteiger partial charge in [0.25, 0.3) is 0 Å². The maximum atomic E-state index is 12.0. The lowest BCUT2D eigenvalue weighted by Gasteiger charge is -2.12. The lowest BCUT2D eigenvalue weighted by atomic mass is 10.1. The number of nitrogens with zero attached hydrogens (tertiary/aromatic N) is 4. The Morgan fingerprint density at radius 1 is 1.08 bits per heavy atom. The Bertz CT molecular complexity index is 704. The van der Waals surface area contributed by atoms with Crippen LogP contribution in [0.4, 0.5) is 5.95 Å². The number of hydrogen-bond acceptors (Lipinski definition) is 7. The second-order valence-corrected chi connectivity index (χ2v) is 5.56. The molecule has 0 fully saturated rings. The van der Waals surface area contributed by atoms with E-state index in [1.54, 1.807) is 12.0 Å². The number of nitrogens with one attached hydrogen (secondary N) is 1. The lowest BCUT2D eigenvalue weighted by molar-refractivity contribution is -0.121. The zero-order chi connectivity index (χ0) is 18.2. The van der Waals surface area contributed by atoms with E-state index in [0.29, 0.717) is 24.6 Å². The fourth-order valence-corrected chi connectivity index (χ4v) is 2.07. The topological polar surface area (TPSA) is 89.5 Å². The second kappa shape index (κ2) is 8.81. The lowest BCUT2D eigenvalue weighted by Crippen LogP contribution is -2.25. The second-order valence-electron chi connectivity index (χ2n) is 5.56. The Morgan fingerprint density at radius 3 is 2.40 bits per heavy atom. The zero-order valence-electron chi connectivity index (χ0n) is 14.9. The molecule has 1 heterocycles. The fraction of sp³-hybridized carbons (Fsp3) is 0.412. The quantitative estimate of drug-likeness (QED) is 0.769. The highest BCUT2D eigenvalue weighted by molar-refractivity contribution is 5.76. The van der Waals surface area contributed by atoms with Gasteiger partial charge in [-0.15, -0.1) is 0 Å². The van der Waals surface area contributed by atoms with E-state index in [2.05, 4.69) is 20.3 Å². The highest BCUT2D eigenvalue weighted by atomic mass is 16.5. The van der Waals surface area contributed by atoms with E-state index >= 15 is 0 Å². The van der Waals surface area contributed by atoms with Gasteiger partial charge in [-0.05, 0) is 24.1 Å². The predicted octanol–water partition coefficient (Wildman–Crippen LogP) is 1.20. The Balaban J connectivity index is 1.87. The van der Waals surface area contributed by atoms with Gasteiger partial charge in [0.2, 0.25) is 11.9 Å². The summed E-state index contributed by atoms with van der Waals surface area (Å²) in [5, 5.41) is 2.82. The van der Waals surface area contributed by atoms with E-state index in [9.17, 15) is 4.79 Å². The molecule has 134 valence electrons. The first-order chi connectivity index (χ1) is 12.0. The summed E-state index contributed by atoms with van der Waals surface area (Å²) in [6.07, 6.45) is 1.04. The van der Waals surface area contributed by atoms with Crippen LogP contribution in [0.2, 0.25) is 0 Å². The van der Waals surface area contributed by atoms with Gasteiger partial charge < -0.3 is 19.7 Å². The molecule has 0 saturated carbocycles. The molecule has 0 spiro atoms. The van der Waals surface area contributed by atoms with E-state index in [-0.39, 0.29) is 18.5 Å². The molecule has 0 atom stereocenters. The van der Waals surface area contributed by atoms with Crippen LogP contribution in [0.25, 0.3) is 0 Å². The Morgan fingerprint density at radius 2 is 1.80 bits per heavy atom. The van der Waals surface area contributed by atoms with Crippen molar-refractivity contribution in [3.05, 3.63) is 35.7 Å². The number of ether oxygens (including phenoxy) is 2. The maximum absolute atomic E-state index is 12.0. The summed E-state index contributed by atoms with van der Waals surface area (Å²) in [5.41, 5.74) is 1.08. The SMILES string of the molecule is COc1ccc(CCC(=O)NCc2nc(OC)nc(N(C)C)n2)cc1. The summed E-state index contributed by atoms with van der Waals surface area (Å²) in [6.45, 7) is 0.223. The standard InChI is InChI=1S/C17H23N5O3/c1-22(2)16-19-14(20-17(21-16)25-4)11-18-15(23)10-7-12-5-8-13(24-3)9-6-12/h5-6,8-9H,7,10-11H2,1-4H3,(H,18,23). The molecule has 8 nitrogen and oxygen atoms in total. The number of aryl methyl sites for hydroxylation is 1. The Hall–Kier alpha value is -2.90. The summed E-state index contributed by atoms with van der Waals surface area (Å²) in [5.74, 6) is 1.66. The van der Waals surface area contributed by atoms with Gasteiger partial charge in [-0.3, -0.25) is 4.79 Å². The molecule has 1 amide bonds. The van der Waals surface area contributed by atoms with Crippen molar-refractivity contribution in [2.75, 3.05) is 33.2 Å². The molecule has 25 heavy (non-hydrogen) atoms. The molecule has 1 N–H and O–H groups in total. The molecule has 0 saturated heterocycles. The molecule has 0 unspecified atom stereocenters. The van der Waals surface area contributed by atoms with Gasteiger partial charge >= 0.3 is 6.01 Å². The minimum absolute atomic E-state index is 0.0680. The van der Waals surface area contributed by atoms with Crippen molar-refractivity contribution in [1.82, 2.24) is 20.3 Å². The summed E-state index contributed by atoms with van der Waals surface area (Å²) in [4.78, 5) is 26.3. The van der Waals surface area contributed by atoms with Crippen molar-refractivity contribution in [2.45, 2.75) is 19.4 Å². The summed E-state index contributed by atoms with van der Waals surface area (Å²) in [6, 6.07) is 7.89. The van der Waals surface area contributed by atoms with Gasteiger partial charge in [0.05, 0.1) is 20.8 Å². The van der Waals surface area contributed by atoms with Crippen molar-refractivity contribution in [3.63, 3.8) is 0 Å². The number of methoxy groups -OCH3 is 2. The molecular formula is C17H23N5O3. The van der Waals surface area contributed by atoms with Gasteiger partial charge in [-0.1, -0.05) is 12.1 Å². The third kappa shape index (κ3) is 5.59. The van der Waals surface area contributed by atoms with E-state index in [4.69, 9.17) is 9.47 Å². The monoisotopic (exact) mass is 345 g/mol. The van der Waals surface area contributed by atoms with Crippen LogP contribution in [-0.4, -0.2) is 49.2 Å². The van der Waals surface area contributed by atoms with Gasteiger partial charge in [-0.25, -0.2) is 0 Å². The van der Waals surface area contributed by atoms with Crippen LogP contribution >= 0.6 is 0 Å². The van der Waals surface area contributed by atoms with E-state index in [0.717, 1.165) is 11.3 Å². The number of hydrogen-bond donors (Lipinski definition) is 1. The molecule has 2 aromatic rings. The van der Waals surface area contributed by atoms with Crippen LogP contribution in [0.5, 0.6) is 11.8 Å². The van der Waals surface area contributed by atoms with Crippen LogP contribution in [0.3, 0.4) is 0 Å². The van der Waals surface area contributed by atoms with Crippen molar-refractivity contribution in [3.8, 4) is 11.8 Å². The maximum Gasteiger partial charge on any atom is 0.321 e. The molecule has 0 aliphatic heterocycles. The van der Waals surface area contributed by atoms with Gasteiger partial charge in [0.15, 0.2) is 5.82 Å². The molecule has 0 aliphatic rings. The van der Waals surface area contributed by atoms with Crippen LogP contribution in [0.1, 0.15) is 17.8 Å². The molecule has 8 heteroatoms. The van der Waals surface area contributed by atoms with Gasteiger partial charge in [-0.2, -0.15) is 15.0 Å². The van der Waals surface area contributed by atoms with Crippen molar-refractivity contribution in [1.29, 1.82) is 0 Å². The first-order valence-corrected chi connectivity index (χ1v) is 7.87. The molecule has 0 radical (unpaired) electrons. The largest absolute Gasteiger partial charge is 0.497 e. The Labute approximate surface area is 147 Å². The van der Waals surface area contributed by atoms with E-state index < -0.39 is 0 Å². The molecule has 1 aromatic carbocycles. The van der Waals surface area contributed by atoms with Crippen molar-refractivity contribution < 1.29 is 14.3 Å². The minimum Gasteiger partial charge on any atom is -0.497 e. The predicted molar refractivity (Wildman–Crippen MR) is 93.9 cm³/mol. The fourth-order valence-electron chi connectivity index (χ4n) is 2.07. The summed E-state index contributed by atoms with van der Waals surface area (Å²) >= 11 is 0. The number of amides is 1. The molecule has 1 aromatic heterocycles. The number of carbonyl (C=O) groups excluding carboxylic acids is 1. The highest BCUT2D eigenvalue weighted by Crippen LogP contribution is 2.13. The van der Waals surface area contributed by atoms with E-state index in [1.165, 1.54) is 7.11 Å². The van der Waals surface area contributed by atoms with E-state index in [1.807, 2.05) is 38.4 Å². The van der Waals surface area contributed by atoms with Gasteiger partial charge in [0.1, 0.15) is 5.75 Å². The van der Waals surface area contributed by atoms with Crippen molar-refractivity contribution >= 4 is 11.9 Å². The molecule has 0 bridgehead atoms. The average molecular weight is 345 g/mol. The molecular weight excluding hydrogens is 322 g/mol. The number of rotatable bonds is 8. The third-order valence-electron chi connectivity index (χ3n) is 3.48. The Kier molecular flexibility index (Phi) is 6.50. The normalized spacial score (nSPS) is 10.2. The van der Waals surface area contributed by atoms with Crippen molar-refractivity contribution in [2.24, 2.45) is 0 Å². The van der Waals surface area contributed by atoms with Crippen LogP contribution in [0, 0.1) is 0 Å². The first-order valence-electron chi connectivity index (χ1n) is 7.87. The number of anilines is 1.